The van der Waals surface area contributed by atoms with Crippen molar-refractivity contribution in [3.05, 3.63) is 60.2 Å². The number of halogens is 1. The monoisotopic (exact) mass is 410 g/mol. The first-order valence-electron chi connectivity index (χ1n) is 10.1. The SMILES string of the molecule is CCNC(=NCC(=O)Nc1cccc(F)c1)NCCCn1c(C)nc2ccccc21. The number of benzene rings is 2. The third kappa shape index (κ3) is 5.79. The fourth-order valence-corrected chi connectivity index (χ4v) is 3.18. The molecule has 0 unspecified atom stereocenters. The van der Waals surface area contributed by atoms with Crippen LogP contribution < -0.4 is 16.0 Å². The predicted octanol–water partition coefficient (Wildman–Crippen LogP) is 3.07. The molecule has 0 aliphatic carbocycles. The molecule has 0 aliphatic heterocycles. The number of nitrogens with zero attached hydrogens (tertiary/aromatic N) is 3. The molecule has 0 fully saturated rings. The minimum absolute atomic E-state index is 0.0584. The molecule has 1 aromatic heterocycles. The van der Waals surface area contributed by atoms with Gasteiger partial charge in [-0.2, -0.15) is 0 Å². The number of carbonyl (C=O) groups is 1. The standard InChI is InChI=1S/C22H27FN6O/c1-3-24-22(26-15-21(30)28-18-9-6-8-17(23)14-18)25-12-7-13-29-16(2)27-19-10-4-5-11-20(19)29/h4-6,8-11,14H,3,7,12-13,15H2,1-2H3,(H,28,30)(H2,24,25,26). The average Bonchev–Trinajstić information content (AvgIpc) is 3.04. The van der Waals surface area contributed by atoms with E-state index in [2.05, 4.69) is 36.6 Å². The van der Waals surface area contributed by atoms with Gasteiger partial charge >= 0.3 is 0 Å². The molecule has 3 aromatic rings. The number of anilines is 1. The summed E-state index contributed by atoms with van der Waals surface area (Å²) < 4.78 is 15.4. The highest BCUT2D eigenvalue weighted by Crippen LogP contribution is 2.15. The van der Waals surface area contributed by atoms with Crippen LogP contribution in [-0.2, 0) is 11.3 Å². The maximum absolute atomic E-state index is 13.2. The third-order valence-corrected chi connectivity index (χ3v) is 4.53. The van der Waals surface area contributed by atoms with E-state index in [1.165, 1.54) is 12.1 Å². The zero-order chi connectivity index (χ0) is 21.3. The lowest BCUT2D eigenvalue weighted by Gasteiger charge is -2.12. The summed E-state index contributed by atoms with van der Waals surface area (Å²) in [6, 6.07) is 13.9. The molecule has 7 nitrogen and oxygen atoms in total. The average molecular weight is 410 g/mol. The molecule has 0 spiro atoms. The van der Waals surface area contributed by atoms with E-state index in [0.29, 0.717) is 24.7 Å². The van der Waals surface area contributed by atoms with Crippen LogP contribution in [0.5, 0.6) is 0 Å². The molecule has 0 saturated heterocycles. The van der Waals surface area contributed by atoms with Crippen LogP contribution in [0.4, 0.5) is 10.1 Å². The van der Waals surface area contributed by atoms with Gasteiger partial charge in [-0.05, 0) is 50.6 Å². The number of aryl methyl sites for hydroxylation is 2. The van der Waals surface area contributed by atoms with Gasteiger partial charge in [0.2, 0.25) is 5.91 Å². The van der Waals surface area contributed by atoms with Crippen molar-refractivity contribution in [3.8, 4) is 0 Å². The van der Waals surface area contributed by atoms with Gasteiger partial charge in [0.05, 0.1) is 11.0 Å². The van der Waals surface area contributed by atoms with Crippen LogP contribution in [0.25, 0.3) is 11.0 Å². The Hall–Kier alpha value is -3.42. The van der Waals surface area contributed by atoms with Crippen LogP contribution in [0.2, 0.25) is 0 Å². The fraction of sp³-hybridized carbons (Fsp3) is 0.318. The molecule has 0 saturated carbocycles. The molecule has 3 rings (SSSR count). The van der Waals surface area contributed by atoms with Crippen LogP contribution in [0, 0.1) is 12.7 Å². The Labute approximate surface area is 175 Å². The number of amides is 1. The number of guanidine groups is 1. The minimum Gasteiger partial charge on any atom is -0.357 e. The molecule has 30 heavy (non-hydrogen) atoms. The smallest absolute Gasteiger partial charge is 0.246 e. The van der Waals surface area contributed by atoms with Gasteiger partial charge < -0.3 is 20.5 Å². The van der Waals surface area contributed by atoms with Crippen LogP contribution in [0.15, 0.2) is 53.5 Å². The molecule has 1 amide bonds. The van der Waals surface area contributed by atoms with Crippen molar-refractivity contribution in [1.82, 2.24) is 20.2 Å². The van der Waals surface area contributed by atoms with Gasteiger partial charge in [0, 0.05) is 25.3 Å². The molecule has 2 aromatic carbocycles. The number of hydrogen-bond acceptors (Lipinski definition) is 3. The number of nitrogens with one attached hydrogen (secondary N) is 3. The Balaban J connectivity index is 1.50. The minimum atomic E-state index is -0.396. The summed E-state index contributed by atoms with van der Waals surface area (Å²) in [6.45, 7) is 6.13. The number of imidazole rings is 1. The highest BCUT2D eigenvalue weighted by molar-refractivity contribution is 5.94. The van der Waals surface area contributed by atoms with E-state index in [0.717, 1.165) is 29.8 Å². The predicted molar refractivity (Wildman–Crippen MR) is 118 cm³/mol. The lowest BCUT2D eigenvalue weighted by molar-refractivity contribution is -0.114. The number of para-hydroxylation sites is 2. The summed E-state index contributed by atoms with van der Waals surface area (Å²) in [5.74, 6) is 0.857. The molecule has 8 heteroatoms. The summed E-state index contributed by atoms with van der Waals surface area (Å²) in [6.07, 6.45) is 0.876. The molecular formula is C22H27FN6O. The van der Waals surface area contributed by atoms with Crippen LogP contribution in [0.3, 0.4) is 0 Å². The summed E-state index contributed by atoms with van der Waals surface area (Å²) in [7, 11) is 0. The van der Waals surface area contributed by atoms with Crippen LogP contribution in [0.1, 0.15) is 19.2 Å². The molecular weight excluding hydrogens is 383 g/mol. The van der Waals surface area contributed by atoms with Crippen molar-refractivity contribution in [2.24, 2.45) is 4.99 Å². The topological polar surface area (TPSA) is 83.3 Å². The molecule has 158 valence electrons. The molecule has 0 atom stereocenters. The van der Waals surface area contributed by atoms with E-state index >= 15 is 0 Å². The Morgan fingerprint density at radius 2 is 2.00 bits per heavy atom. The second-order valence-corrected chi connectivity index (χ2v) is 6.83. The van der Waals surface area contributed by atoms with Crippen molar-refractivity contribution in [3.63, 3.8) is 0 Å². The van der Waals surface area contributed by atoms with Gasteiger partial charge in [0.25, 0.3) is 0 Å². The first-order valence-corrected chi connectivity index (χ1v) is 10.1. The fourth-order valence-electron chi connectivity index (χ4n) is 3.18. The molecule has 1 heterocycles. The summed E-state index contributed by atoms with van der Waals surface area (Å²) >= 11 is 0. The van der Waals surface area contributed by atoms with E-state index in [1.54, 1.807) is 12.1 Å². The molecule has 3 N–H and O–H groups in total. The number of rotatable bonds is 8. The third-order valence-electron chi connectivity index (χ3n) is 4.53. The Morgan fingerprint density at radius 3 is 2.80 bits per heavy atom. The largest absolute Gasteiger partial charge is 0.357 e. The Bertz CT molecular complexity index is 1030. The number of carbonyl (C=O) groups excluding carboxylic acids is 1. The van der Waals surface area contributed by atoms with Gasteiger partial charge in [0.1, 0.15) is 18.2 Å². The molecule has 0 aliphatic rings. The zero-order valence-corrected chi connectivity index (χ0v) is 17.3. The van der Waals surface area contributed by atoms with Crippen molar-refractivity contribution in [1.29, 1.82) is 0 Å². The van der Waals surface area contributed by atoms with Gasteiger partial charge in [-0.1, -0.05) is 18.2 Å². The zero-order valence-electron chi connectivity index (χ0n) is 17.3. The maximum Gasteiger partial charge on any atom is 0.246 e. The van der Waals surface area contributed by atoms with Crippen LogP contribution >= 0.6 is 0 Å². The lowest BCUT2D eigenvalue weighted by atomic mass is 10.3. The second-order valence-electron chi connectivity index (χ2n) is 6.83. The van der Waals surface area contributed by atoms with Gasteiger partial charge in [-0.3, -0.25) is 4.79 Å². The first kappa shape index (κ1) is 21.3. The lowest BCUT2D eigenvalue weighted by Crippen LogP contribution is -2.38. The number of fused-ring (bicyclic) bond motifs is 1. The first-order chi connectivity index (χ1) is 14.6. The van der Waals surface area contributed by atoms with Crippen molar-refractivity contribution in [2.45, 2.75) is 26.8 Å². The summed E-state index contributed by atoms with van der Waals surface area (Å²) in [4.78, 5) is 21.0. The number of aliphatic imine (C=N–C) groups is 1. The Morgan fingerprint density at radius 1 is 1.17 bits per heavy atom. The van der Waals surface area contributed by atoms with Crippen molar-refractivity contribution >= 4 is 28.6 Å². The quantitative estimate of drug-likeness (QED) is 0.303. The van der Waals surface area contributed by atoms with Gasteiger partial charge in [-0.25, -0.2) is 14.4 Å². The van der Waals surface area contributed by atoms with Gasteiger partial charge in [-0.15, -0.1) is 0 Å². The van der Waals surface area contributed by atoms with E-state index in [4.69, 9.17) is 0 Å². The normalized spacial score (nSPS) is 11.5. The molecule has 0 radical (unpaired) electrons. The van der Waals surface area contributed by atoms with E-state index in [9.17, 15) is 9.18 Å². The maximum atomic E-state index is 13.2. The highest BCUT2D eigenvalue weighted by Gasteiger charge is 2.07. The van der Waals surface area contributed by atoms with E-state index in [-0.39, 0.29) is 12.5 Å². The van der Waals surface area contributed by atoms with Crippen molar-refractivity contribution in [2.75, 3.05) is 25.0 Å². The van der Waals surface area contributed by atoms with Gasteiger partial charge in [0.15, 0.2) is 5.96 Å². The Kier molecular flexibility index (Phi) is 7.37. The summed E-state index contributed by atoms with van der Waals surface area (Å²) in [5.41, 5.74) is 2.54. The molecule has 0 bridgehead atoms. The number of aromatic nitrogens is 2. The second kappa shape index (κ2) is 10.4. The number of hydrogen-bond donors (Lipinski definition) is 3. The highest BCUT2D eigenvalue weighted by atomic mass is 19.1. The van der Waals surface area contributed by atoms with Crippen LogP contribution in [-0.4, -0.2) is 41.1 Å². The summed E-state index contributed by atoms with van der Waals surface area (Å²) in [5, 5.41) is 9.01. The van der Waals surface area contributed by atoms with E-state index in [1.807, 2.05) is 32.0 Å². The van der Waals surface area contributed by atoms with E-state index < -0.39 is 5.82 Å². The van der Waals surface area contributed by atoms with Crippen molar-refractivity contribution < 1.29 is 9.18 Å².